The zero-order valence-electron chi connectivity index (χ0n) is 24.9. The summed E-state index contributed by atoms with van der Waals surface area (Å²) in [5.41, 5.74) is 5.63. The van der Waals surface area contributed by atoms with Crippen molar-refractivity contribution in [3.8, 4) is 17.0 Å². The lowest BCUT2D eigenvalue weighted by atomic mass is 9.87. The van der Waals surface area contributed by atoms with Gasteiger partial charge in [-0.1, -0.05) is 26.8 Å². The minimum atomic E-state index is -3.77. The van der Waals surface area contributed by atoms with Gasteiger partial charge in [0.25, 0.3) is 21.9 Å². The lowest BCUT2D eigenvalue weighted by molar-refractivity contribution is 0.0697. The number of carbonyl (C=O) groups is 3. The van der Waals surface area contributed by atoms with E-state index >= 15 is 0 Å². The number of anilines is 1. The van der Waals surface area contributed by atoms with Crippen molar-refractivity contribution in [2.75, 3.05) is 24.8 Å². The second kappa shape index (κ2) is 13.7. The summed E-state index contributed by atoms with van der Waals surface area (Å²) in [5.74, 6) is -2.65. The number of aromatic nitrogens is 1. The van der Waals surface area contributed by atoms with E-state index in [1.165, 1.54) is 30.3 Å². The number of amidine groups is 1. The lowest BCUT2D eigenvalue weighted by Crippen LogP contribution is -2.47. The van der Waals surface area contributed by atoms with Crippen LogP contribution in [0.4, 0.5) is 5.69 Å². The number of hydrogen-bond donors (Lipinski definition) is 5. The lowest BCUT2D eigenvalue weighted by Gasteiger charge is -2.31. The number of carboxylic acid groups (broad SMARTS) is 1. The summed E-state index contributed by atoms with van der Waals surface area (Å²) in [4.78, 5) is 43.3. The van der Waals surface area contributed by atoms with E-state index in [9.17, 15) is 27.9 Å². The van der Waals surface area contributed by atoms with Gasteiger partial charge in [0.1, 0.15) is 11.5 Å². The molecule has 1 atom stereocenters. The third kappa shape index (κ3) is 8.84. The van der Waals surface area contributed by atoms with Crippen molar-refractivity contribution in [3.63, 3.8) is 0 Å². The van der Waals surface area contributed by atoms with E-state index in [0.717, 1.165) is 6.26 Å². The zero-order chi connectivity index (χ0) is 32.8. The minimum absolute atomic E-state index is 0.00443. The fourth-order valence-corrected chi connectivity index (χ4v) is 4.41. The summed E-state index contributed by atoms with van der Waals surface area (Å²) >= 11 is 0. The van der Waals surface area contributed by atoms with Crippen LogP contribution in [0.3, 0.4) is 0 Å². The third-order valence-corrected chi connectivity index (χ3v) is 7.00. The number of nitrogen functional groups attached to an aromatic ring is 1. The number of aromatic carboxylic acids is 1. The number of ether oxygens (including phenoxy) is 1. The SMILES string of the molecule is CCOc1ccc(-c2ccc(C(=O)N[C@H](COS(C)(=O)=O)C(C)(C)C)cc2C(=O)O)c(C(=O)Nc2ccc(C(=N)N)cc2)n1. The van der Waals surface area contributed by atoms with Crippen LogP contribution in [0.15, 0.2) is 54.6 Å². The number of nitrogens with two attached hydrogens (primary N) is 1. The summed E-state index contributed by atoms with van der Waals surface area (Å²) < 4.78 is 33.4. The van der Waals surface area contributed by atoms with E-state index in [-0.39, 0.29) is 52.9 Å². The average molecular weight is 626 g/mol. The fourth-order valence-electron chi connectivity index (χ4n) is 4.02. The normalized spacial score (nSPS) is 12.2. The number of nitrogens with zero attached hydrogens (tertiary/aromatic N) is 1. The van der Waals surface area contributed by atoms with Gasteiger partial charge in [-0.25, -0.2) is 9.78 Å². The Labute approximate surface area is 255 Å². The van der Waals surface area contributed by atoms with E-state index in [2.05, 4.69) is 15.6 Å². The van der Waals surface area contributed by atoms with Gasteiger partial charge in [0.05, 0.1) is 31.1 Å². The van der Waals surface area contributed by atoms with Crippen LogP contribution in [0, 0.1) is 10.8 Å². The summed E-state index contributed by atoms with van der Waals surface area (Å²) in [6, 6.07) is 12.5. The molecule has 14 heteroatoms. The van der Waals surface area contributed by atoms with Crippen LogP contribution < -0.4 is 21.1 Å². The van der Waals surface area contributed by atoms with Crippen molar-refractivity contribution in [2.45, 2.75) is 33.7 Å². The molecule has 1 heterocycles. The Morgan fingerprint density at radius 3 is 2.16 bits per heavy atom. The summed E-state index contributed by atoms with van der Waals surface area (Å²) in [6.45, 7) is 7.08. The first kappa shape index (κ1) is 33.7. The third-order valence-electron chi connectivity index (χ3n) is 6.43. The molecule has 0 radical (unpaired) electrons. The average Bonchev–Trinajstić information content (AvgIpc) is 2.94. The number of benzene rings is 2. The number of carbonyl (C=O) groups excluding carboxylic acids is 2. The van der Waals surface area contributed by atoms with Gasteiger partial charge in [-0.2, -0.15) is 8.42 Å². The van der Waals surface area contributed by atoms with Gasteiger partial charge < -0.3 is 26.2 Å². The quantitative estimate of drug-likeness (QED) is 0.112. The number of hydrogen-bond acceptors (Lipinski definition) is 9. The van der Waals surface area contributed by atoms with Crippen molar-refractivity contribution < 1.29 is 36.8 Å². The van der Waals surface area contributed by atoms with Gasteiger partial charge in [-0.15, -0.1) is 0 Å². The molecule has 2 aromatic carbocycles. The van der Waals surface area contributed by atoms with Gasteiger partial charge in [0.15, 0.2) is 0 Å². The Bertz CT molecular complexity index is 1680. The molecule has 0 saturated carbocycles. The van der Waals surface area contributed by atoms with Crippen molar-refractivity contribution in [1.29, 1.82) is 5.41 Å². The largest absolute Gasteiger partial charge is 0.478 e. The van der Waals surface area contributed by atoms with E-state index in [4.69, 9.17) is 20.1 Å². The summed E-state index contributed by atoms with van der Waals surface area (Å²) in [7, 11) is -3.77. The molecule has 234 valence electrons. The molecule has 0 aliphatic carbocycles. The van der Waals surface area contributed by atoms with Crippen molar-refractivity contribution in [3.05, 3.63) is 77.0 Å². The topological polar surface area (TPSA) is 211 Å². The number of rotatable bonds is 12. The molecule has 6 N–H and O–H groups in total. The molecule has 0 fully saturated rings. The highest BCUT2D eigenvalue weighted by Gasteiger charge is 2.29. The number of carboxylic acids is 1. The first-order valence-corrected chi connectivity index (χ1v) is 15.2. The number of nitrogens with one attached hydrogen (secondary N) is 3. The zero-order valence-corrected chi connectivity index (χ0v) is 25.7. The molecule has 3 rings (SSSR count). The Hall–Kier alpha value is -4.82. The predicted molar refractivity (Wildman–Crippen MR) is 165 cm³/mol. The Morgan fingerprint density at radius 1 is 1.00 bits per heavy atom. The van der Waals surface area contributed by atoms with Crippen molar-refractivity contribution >= 4 is 39.4 Å². The second-order valence-corrected chi connectivity index (χ2v) is 12.5. The van der Waals surface area contributed by atoms with E-state index in [1.54, 1.807) is 52.0 Å². The van der Waals surface area contributed by atoms with Crippen LogP contribution >= 0.6 is 0 Å². The molecule has 0 spiro atoms. The Morgan fingerprint density at radius 2 is 1.61 bits per heavy atom. The maximum atomic E-state index is 13.4. The Kier molecular flexibility index (Phi) is 10.4. The molecule has 2 amide bonds. The standard InChI is InChI=1S/C30H35N5O8S/c1-6-42-24-14-13-21(25(35-24)28(37)33-19-10-7-17(8-11-19)26(31)32)20-12-9-18(15-22(20)29(38)39)27(36)34-23(30(2,3)4)16-43-44(5,40)41/h7-15,23H,6,16H2,1-5H3,(H3,31,32)(H,33,37)(H,34,36)(H,38,39)/t23-/m1/s1. The monoisotopic (exact) mass is 625 g/mol. The summed E-state index contributed by atoms with van der Waals surface area (Å²) in [5, 5.41) is 23.1. The molecule has 0 aliphatic heterocycles. The number of amides is 2. The van der Waals surface area contributed by atoms with Gasteiger partial charge in [-0.05, 0) is 60.4 Å². The van der Waals surface area contributed by atoms with Gasteiger partial charge in [0.2, 0.25) is 5.88 Å². The molecule has 44 heavy (non-hydrogen) atoms. The molecular weight excluding hydrogens is 590 g/mol. The molecule has 0 unspecified atom stereocenters. The predicted octanol–water partition coefficient (Wildman–Crippen LogP) is 3.50. The van der Waals surface area contributed by atoms with Crippen LogP contribution in [0.1, 0.15) is 64.5 Å². The van der Waals surface area contributed by atoms with Crippen LogP contribution in [-0.4, -0.2) is 67.6 Å². The van der Waals surface area contributed by atoms with E-state index in [0.29, 0.717) is 11.3 Å². The first-order chi connectivity index (χ1) is 20.5. The highest BCUT2D eigenvalue weighted by molar-refractivity contribution is 7.85. The second-order valence-electron chi connectivity index (χ2n) is 10.9. The number of pyridine rings is 1. The molecular formula is C30H35N5O8S. The molecule has 3 aromatic rings. The summed E-state index contributed by atoms with van der Waals surface area (Å²) in [6.07, 6.45) is 0.904. The van der Waals surface area contributed by atoms with Crippen molar-refractivity contribution in [2.24, 2.45) is 11.1 Å². The molecule has 1 aromatic heterocycles. The van der Waals surface area contributed by atoms with E-state index < -0.39 is 39.4 Å². The van der Waals surface area contributed by atoms with Gasteiger partial charge >= 0.3 is 5.97 Å². The van der Waals surface area contributed by atoms with E-state index in [1.807, 2.05) is 0 Å². The Balaban J connectivity index is 2.01. The van der Waals surface area contributed by atoms with Crippen LogP contribution in [0.25, 0.3) is 11.1 Å². The van der Waals surface area contributed by atoms with Gasteiger partial charge in [0, 0.05) is 28.4 Å². The van der Waals surface area contributed by atoms with Crippen LogP contribution in [-0.2, 0) is 14.3 Å². The highest BCUT2D eigenvalue weighted by atomic mass is 32.2. The highest BCUT2D eigenvalue weighted by Crippen LogP contribution is 2.30. The van der Waals surface area contributed by atoms with Gasteiger partial charge in [-0.3, -0.25) is 19.2 Å². The fraction of sp³-hybridized carbons (Fsp3) is 0.300. The molecule has 0 aliphatic rings. The van der Waals surface area contributed by atoms with Crippen molar-refractivity contribution in [1.82, 2.24) is 10.3 Å². The molecule has 0 saturated heterocycles. The minimum Gasteiger partial charge on any atom is -0.478 e. The smallest absolute Gasteiger partial charge is 0.336 e. The first-order valence-electron chi connectivity index (χ1n) is 13.4. The van der Waals surface area contributed by atoms with Crippen LogP contribution in [0.5, 0.6) is 5.88 Å². The maximum absolute atomic E-state index is 13.4. The molecule has 0 bridgehead atoms. The maximum Gasteiger partial charge on any atom is 0.336 e. The molecule has 13 nitrogen and oxygen atoms in total. The van der Waals surface area contributed by atoms with Crippen LogP contribution in [0.2, 0.25) is 0 Å².